The fourth-order valence-corrected chi connectivity index (χ4v) is 4.18. The second-order valence-electron chi connectivity index (χ2n) is 6.03. The maximum absolute atomic E-state index is 5.37. The molecule has 21 heavy (non-hydrogen) atoms. The van der Waals surface area contributed by atoms with E-state index in [0.717, 1.165) is 30.1 Å². The predicted molar refractivity (Wildman–Crippen MR) is 96.3 cm³/mol. The summed E-state index contributed by atoms with van der Waals surface area (Å²) in [5.41, 5.74) is 1.27. The van der Waals surface area contributed by atoms with Gasteiger partial charge >= 0.3 is 0 Å². The highest BCUT2D eigenvalue weighted by Gasteiger charge is 2.32. The Bertz CT molecular complexity index is 459. The van der Waals surface area contributed by atoms with E-state index in [1.54, 1.807) is 14.2 Å². The summed E-state index contributed by atoms with van der Waals surface area (Å²) < 4.78 is 16.0. The van der Waals surface area contributed by atoms with Gasteiger partial charge < -0.3 is 13.7 Å². The quantitative estimate of drug-likeness (QED) is 0.568. The van der Waals surface area contributed by atoms with Gasteiger partial charge in [-0.2, -0.15) is 0 Å². The Balaban J connectivity index is 2.64. The van der Waals surface area contributed by atoms with Crippen molar-refractivity contribution >= 4 is 22.9 Å². The van der Waals surface area contributed by atoms with Crippen molar-refractivity contribution in [2.45, 2.75) is 31.6 Å². The molecule has 1 aromatic carbocycles. The molecule has 1 aromatic rings. The summed E-state index contributed by atoms with van der Waals surface area (Å²) in [5.74, 6) is 2.71. The van der Waals surface area contributed by atoms with Crippen LogP contribution in [-0.2, 0) is 10.6 Å². The van der Waals surface area contributed by atoms with E-state index in [1.807, 2.05) is 6.07 Å². The van der Waals surface area contributed by atoms with Gasteiger partial charge in [0.15, 0.2) is 11.5 Å². The average molecular weight is 333 g/mol. The molecule has 0 amide bonds. The molecule has 0 aliphatic carbocycles. The second kappa shape index (κ2) is 7.65. The van der Waals surface area contributed by atoms with Crippen LogP contribution in [-0.4, -0.2) is 37.4 Å². The molecule has 122 valence electrons. The maximum atomic E-state index is 5.37. The van der Waals surface area contributed by atoms with Crippen LogP contribution >= 0.6 is 22.9 Å². The SMILES string of the molecule is COc1ccc(CCCS(C)(C)C(C)(C)OS)cc1OC. The first-order valence-corrected chi connectivity index (χ1v) is 10.00. The number of thiol groups is 1. The van der Waals surface area contributed by atoms with Crippen molar-refractivity contribution in [3.63, 3.8) is 0 Å². The average Bonchev–Trinajstić information content (AvgIpc) is 2.46. The first-order valence-electron chi connectivity index (χ1n) is 7.01. The largest absolute Gasteiger partial charge is 0.493 e. The van der Waals surface area contributed by atoms with E-state index in [2.05, 4.69) is 51.4 Å². The molecular weight excluding hydrogens is 304 g/mol. The molecule has 0 aliphatic rings. The van der Waals surface area contributed by atoms with Crippen molar-refractivity contribution < 1.29 is 13.7 Å². The Morgan fingerprint density at radius 2 is 1.71 bits per heavy atom. The fraction of sp³-hybridized carbons (Fsp3) is 0.625. The number of rotatable bonds is 8. The zero-order chi connectivity index (χ0) is 16.1. The Hall–Kier alpha value is -0.520. The van der Waals surface area contributed by atoms with Crippen LogP contribution in [0.15, 0.2) is 18.2 Å². The molecule has 0 atom stereocenters. The summed E-state index contributed by atoms with van der Waals surface area (Å²) in [6, 6.07) is 6.12. The van der Waals surface area contributed by atoms with E-state index in [1.165, 1.54) is 5.56 Å². The highest BCUT2D eigenvalue weighted by atomic mass is 32.3. The maximum Gasteiger partial charge on any atom is 0.160 e. The van der Waals surface area contributed by atoms with Crippen molar-refractivity contribution in [1.29, 1.82) is 0 Å². The smallest absolute Gasteiger partial charge is 0.160 e. The molecule has 0 aromatic heterocycles. The summed E-state index contributed by atoms with van der Waals surface area (Å²) in [4.78, 5) is -0.173. The van der Waals surface area contributed by atoms with E-state index in [0.29, 0.717) is 0 Å². The monoisotopic (exact) mass is 332 g/mol. The number of hydrogen-bond acceptors (Lipinski definition) is 4. The number of methoxy groups -OCH3 is 2. The molecule has 0 saturated carbocycles. The number of hydrogen-bond donors (Lipinski definition) is 1. The van der Waals surface area contributed by atoms with E-state index in [9.17, 15) is 0 Å². The lowest BCUT2D eigenvalue weighted by atomic mass is 10.1. The Morgan fingerprint density at radius 1 is 1.10 bits per heavy atom. The van der Waals surface area contributed by atoms with Gasteiger partial charge in [0.2, 0.25) is 0 Å². The third-order valence-corrected chi connectivity index (χ3v) is 8.75. The molecule has 0 bridgehead atoms. The van der Waals surface area contributed by atoms with Crippen LogP contribution in [0.3, 0.4) is 0 Å². The van der Waals surface area contributed by atoms with Gasteiger partial charge in [0.05, 0.1) is 14.2 Å². The zero-order valence-electron chi connectivity index (χ0n) is 13.9. The molecular formula is C16H28O3S2. The van der Waals surface area contributed by atoms with E-state index >= 15 is 0 Å². The molecule has 0 aliphatic heterocycles. The lowest BCUT2D eigenvalue weighted by Crippen LogP contribution is -2.30. The van der Waals surface area contributed by atoms with Crippen molar-refractivity contribution in [2.75, 3.05) is 32.5 Å². The van der Waals surface area contributed by atoms with Crippen molar-refractivity contribution in [3.8, 4) is 11.5 Å². The van der Waals surface area contributed by atoms with Crippen LogP contribution in [0.4, 0.5) is 0 Å². The number of ether oxygens (including phenoxy) is 2. The molecule has 0 radical (unpaired) electrons. The molecule has 0 saturated heterocycles. The fourth-order valence-electron chi connectivity index (χ4n) is 2.02. The van der Waals surface area contributed by atoms with Gasteiger partial charge in [0.25, 0.3) is 0 Å². The topological polar surface area (TPSA) is 27.7 Å². The molecule has 0 spiro atoms. The summed E-state index contributed by atoms with van der Waals surface area (Å²) in [6.07, 6.45) is 6.76. The lowest BCUT2D eigenvalue weighted by Gasteiger charge is -2.44. The molecule has 0 N–H and O–H groups in total. The summed E-state index contributed by atoms with van der Waals surface area (Å²) in [7, 11) is 2.46. The lowest BCUT2D eigenvalue weighted by molar-refractivity contribution is 0.250. The van der Waals surface area contributed by atoms with Gasteiger partial charge in [0.1, 0.15) is 4.93 Å². The summed E-state index contributed by atoms with van der Waals surface area (Å²) >= 11 is 4.03. The Labute approximate surface area is 136 Å². The number of benzene rings is 1. The minimum Gasteiger partial charge on any atom is -0.493 e. The second-order valence-corrected chi connectivity index (χ2v) is 10.7. The Morgan fingerprint density at radius 3 is 2.24 bits per heavy atom. The van der Waals surface area contributed by atoms with E-state index in [4.69, 9.17) is 13.7 Å². The Kier molecular flexibility index (Phi) is 6.75. The first-order chi connectivity index (χ1) is 9.77. The van der Waals surface area contributed by atoms with Crippen molar-refractivity contribution in [2.24, 2.45) is 0 Å². The van der Waals surface area contributed by atoms with Crippen LogP contribution in [0.25, 0.3) is 0 Å². The summed E-state index contributed by atoms with van der Waals surface area (Å²) in [6.45, 7) is 4.23. The van der Waals surface area contributed by atoms with Gasteiger partial charge in [-0.05, 0) is 75.6 Å². The van der Waals surface area contributed by atoms with Crippen LogP contribution in [0.5, 0.6) is 11.5 Å². The van der Waals surface area contributed by atoms with Crippen LogP contribution in [0.1, 0.15) is 25.8 Å². The molecule has 0 unspecified atom stereocenters. The summed E-state index contributed by atoms with van der Waals surface area (Å²) in [5, 5.41) is 0. The van der Waals surface area contributed by atoms with Crippen LogP contribution < -0.4 is 9.47 Å². The number of aryl methyl sites for hydroxylation is 1. The van der Waals surface area contributed by atoms with Crippen LogP contribution in [0.2, 0.25) is 0 Å². The van der Waals surface area contributed by atoms with Gasteiger partial charge in [-0.15, -0.1) is 0 Å². The molecule has 0 fully saturated rings. The minimum absolute atomic E-state index is 0.173. The van der Waals surface area contributed by atoms with Crippen LogP contribution in [0, 0.1) is 0 Å². The van der Waals surface area contributed by atoms with Gasteiger partial charge in [-0.3, -0.25) is 0 Å². The molecule has 3 nitrogen and oxygen atoms in total. The minimum atomic E-state index is -0.863. The van der Waals surface area contributed by atoms with Gasteiger partial charge in [-0.25, -0.2) is 10.0 Å². The van der Waals surface area contributed by atoms with E-state index in [-0.39, 0.29) is 4.93 Å². The molecule has 5 heteroatoms. The van der Waals surface area contributed by atoms with Gasteiger partial charge in [-0.1, -0.05) is 6.07 Å². The third-order valence-electron chi connectivity index (χ3n) is 4.12. The molecule has 0 heterocycles. The highest BCUT2D eigenvalue weighted by molar-refractivity contribution is 8.33. The van der Waals surface area contributed by atoms with Gasteiger partial charge in [0, 0.05) is 0 Å². The highest BCUT2D eigenvalue weighted by Crippen LogP contribution is 2.54. The normalized spacial score (nSPS) is 13.1. The third kappa shape index (κ3) is 4.73. The van der Waals surface area contributed by atoms with E-state index < -0.39 is 10.0 Å². The van der Waals surface area contributed by atoms with Crippen molar-refractivity contribution in [3.05, 3.63) is 23.8 Å². The molecule has 1 rings (SSSR count). The predicted octanol–water partition coefficient (Wildman–Crippen LogP) is 4.30. The zero-order valence-corrected chi connectivity index (χ0v) is 15.6. The first kappa shape index (κ1) is 18.5. The standard InChI is InChI=1S/C16H28O3S2/c1-16(2,19-20)21(5,6)11-7-8-13-9-10-14(17-3)15(12-13)18-4/h9-10,12,20H,7-8,11H2,1-6H3. The van der Waals surface area contributed by atoms with Crippen molar-refractivity contribution in [1.82, 2.24) is 0 Å².